The van der Waals surface area contributed by atoms with Gasteiger partial charge in [-0.05, 0) is 50.2 Å². The first-order chi connectivity index (χ1) is 8.63. The zero-order valence-corrected chi connectivity index (χ0v) is 10.4. The van der Waals surface area contributed by atoms with E-state index in [0.29, 0.717) is 11.6 Å². The summed E-state index contributed by atoms with van der Waals surface area (Å²) < 4.78 is 5.56. The Morgan fingerprint density at radius 3 is 2.33 bits per heavy atom. The van der Waals surface area contributed by atoms with E-state index in [1.54, 1.807) is 12.1 Å². The minimum absolute atomic E-state index is 0.173. The van der Waals surface area contributed by atoms with Gasteiger partial charge in [-0.2, -0.15) is 0 Å². The number of nitrogen functional groups attached to an aromatic ring is 1. The lowest BCUT2D eigenvalue weighted by Crippen LogP contribution is -2.05. The molecule has 0 unspecified atom stereocenters. The van der Waals surface area contributed by atoms with Gasteiger partial charge in [-0.15, -0.1) is 10.2 Å². The van der Waals surface area contributed by atoms with E-state index < -0.39 is 0 Å². The minimum Gasteiger partial charge on any atom is -0.491 e. The molecule has 2 rings (SSSR count). The average Bonchev–Trinajstić information content (AvgIpc) is 2.34. The lowest BCUT2D eigenvalue weighted by molar-refractivity contribution is 0.242. The first kappa shape index (κ1) is 12.2. The van der Waals surface area contributed by atoms with Crippen LogP contribution in [0.4, 0.5) is 17.3 Å². The number of ether oxygens (including phenoxy) is 1. The van der Waals surface area contributed by atoms with Crippen molar-refractivity contribution in [2.24, 2.45) is 0 Å². The number of hydrogen-bond acceptors (Lipinski definition) is 5. The van der Waals surface area contributed by atoms with Gasteiger partial charge in [0.15, 0.2) is 5.82 Å². The maximum atomic E-state index is 5.56. The average molecular weight is 244 g/mol. The molecule has 0 radical (unpaired) electrons. The van der Waals surface area contributed by atoms with Gasteiger partial charge in [0.1, 0.15) is 11.6 Å². The molecular formula is C13H16N4O. The molecule has 5 nitrogen and oxygen atoms in total. The van der Waals surface area contributed by atoms with E-state index in [1.165, 1.54) is 0 Å². The second-order valence-electron chi connectivity index (χ2n) is 4.16. The summed E-state index contributed by atoms with van der Waals surface area (Å²) in [5.41, 5.74) is 6.39. The highest BCUT2D eigenvalue weighted by Crippen LogP contribution is 2.19. The van der Waals surface area contributed by atoms with E-state index in [9.17, 15) is 0 Å². The number of nitrogens with one attached hydrogen (secondary N) is 1. The van der Waals surface area contributed by atoms with Gasteiger partial charge in [0.2, 0.25) is 0 Å². The molecule has 2 aromatic rings. The second-order valence-corrected chi connectivity index (χ2v) is 4.16. The molecule has 0 bridgehead atoms. The molecule has 3 N–H and O–H groups in total. The molecule has 0 atom stereocenters. The standard InChI is InChI=1S/C13H16N4O/c1-9(2)18-11-5-3-10(4-6-11)15-13-8-7-12(14)16-17-13/h3-9H,1-2H3,(H2,14,16)(H,15,17). The van der Waals surface area contributed by atoms with Crippen LogP contribution in [0.3, 0.4) is 0 Å². The summed E-state index contributed by atoms with van der Waals surface area (Å²) in [6, 6.07) is 11.2. The predicted octanol–water partition coefficient (Wildman–Crippen LogP) is 2.59. The smallest absolute Gasteiger partial charge is 0.153 e. The molecule has 94 valence electrons. The van der Waals surface area contributed by atoms with E-state index in [0.717, 1.165) is 11.4 Å². The number of hydrogen-bond donors (Lipinski definition) is 2. The van der Waals surface area contributed by atoms with Crippen LogP contribution in [0, 0.1) is 0 Å². The first-order valence-corrected chi connectivity index (χ1v) is 5.76. The van der Waals surface area contributed by atoms with Crippen LogP contribution in [0.15, 0.2) is 36.4 Å². The highest BCUT2D eigenvalue weighted by atomic mass is 16.5. The number of nitrogens with zero attached hydrogens (tertiary/aromatic N) is 2. The zero-order chi connectivity index (χ0) is 13.0. The second kappa shape index (κ2) is 5.35. The molecule has 18 heavy (non-hydrogen) atoms. The molecule has 5 heteroatoms. The van der Waals surface area contributed by atoms with Crippen LogP contribution in [-0.2, 0) is 0 Å². The maximum Gasteiger partial charge on any atom is 0.153 e. The van der Waals surface area contributed by atoms with Crippen LogP contribution in [0.2, 0.25) is 0 Å². The molecule has 1 aromatic heterocycles. The summed E-state index contributed by atoms with van der Waals surface area (Å²) >= 11 is 0. The summed E-state index contributed by atoms with van der Waals surface area (Å²) in [6.45, 7) is 3.99. The Labute approximate surface area is 106 Å². The van der Waals surface area contributed by atoms with Crippen molar-refractivity contribution < 1.29 is 4.74 Å². The van der Waals surface area contributed by atoms with Gasteiger partial charge >= 0.3 is 0 Å². The highest BCUT2D eigenvalue weighted by Gasteiger charge is 1.99. The molecule has 0 saturated carbocycles. The third-order valence-corrected chi connectivity index (χ3v) is 2.18. The van der Waals surface area contributed by atoms with Gasteiger partial charge in [-0.3, -0.25) is 0 Å². The fourth-order valence-electron chi connectivity index (χ4n) is 1.45. The van der Waals surface area contributed by atoms with E-state index in [2.05, 4.69) is 15.5 Å². The minimum atomic E-state index is 0.173. The Kier molecular flexibility index (Phi) is 3.62. The Balaban J connectivity index is 2.04. The molecule has 0 fully saturated rings. The summed E-state index contributed by atoms with van der Waals surface area (Å²) in [6.07, 6.45) is 0.173. The van der Waals surface area contributed by atoms with Crippen molar-refractivity contribution in [3.05, 3.63) is 36.4 Å². The lowest BCUT2D eigenvalue weighted by Gasteiger charge is -2.10. The van der Waals surface area contributed by atoms with E-state index in [-0.39, 0.29) is 6.10 Å². The normalized spacial score (nSPS) is 10.4. The Bertz CT molecular complexity index is 493. The van der Waals surface area contributed by atoms with Gasteiger partial charge in [-0.25, -0.2) is 0 Å². The van der Waals surface area contributed by atoms with Crippen molar-refractivity contribution in [3.8, 4) is 5.75 Å². The Morgan fingerprint density at radius 1 is 1.06 bits per heavy atom. The number of nitrogens with two attached hydrogens (primary N) is 1. The van der Waals surface area contributed by atoms with Crippen molar-refractivity contribution >= 4 is 17.3 Å². The summed E-state index contributed by atoms with van der Waals surface area (Å²) in [7, 11) is 0. The number of benzene rings is 1. The Hall–Kier alpha value is -2.30. The van der Waals surface area contributed by atoms with Gasteiger partial charge < -0.3 is 15.8 Å². The number of rotatable bonds is 4. The van der Waals surface area contributed by atoms with E-state index in [4.69, 9.17) is 10.5 Å². The van der Waals surface area contributed by atoms with E-state index >= 15 is 0 Å². The van der Waals surface area contributed by atoms with Gasteiger partial charge in [0.05, 0.1) is 6.10 Å². The van der Waals surface area contributed by atoms with Crippen molar-refractivity contribution in [2.75, 3.05) is 11.1 Å². The van der Waals surface area contributed by atoms with Crippen molar-refractivity contribution in [1.82, 2.24) is 10.2 Å². The van der Waals surface area contributed by atoms with Gasteiger partial charge in [-0.1, -0.05) is 0 Å². The largest absolute Gasteiger partial charge is 0.491 e. The van der Waals surface area contributed by atoms with Gasteiger partial charge in [0, 0.05) is 5.69 Å². The maximum absolute atomic E-state index is 5.56. The monoisotopic (exact) mass is 244 g/mol. The third-order valence-electron chi connectivity index (χ3n) is 2.18. The van der Waals surface area contributed by atoms with Crippen LogP contribution < -0.4 is 15.8 Å². The SMILES string of the molecule is CC(C)Oc1ccc(Nc2ccc(N)nn2)cc1. The molecule has 0 aliphatic heterocycles. The fraction of sp³-hybridized carbons (Fsp3) is 0.231. The molecule has 0 aliphatic carbocycles. The van der Waals surface area contributed by atoms with Crippen LogP contribution in [0.1, 0.15) is 13.8 Å². The van der Waals surface area contributed by atoms with Crippen molar-refractivity contribution in [3.63, 3.8) is 0 Å². The molecule has 0 aliphatic rings. The summed E-state index contributed by atoms with van der Waals surface area (Å²) in [4.78, 5) is 0. The molecule has 0 amide bonds. The Morgan fingerprint density at radius 2 is 1.78 bits per heavy atom. The summed E-state index contributed by atoms with van der Waals surface area (Å²) in [5.74, 6) is 1.90. The zero-order valence-electron chi connectivity index (χ0n) is 10.4. The van der Waals surface area contributed by atoms with Crippen LogP contribution in [-0.4, -0.2) is 16.3 Å². The molecule has 1 heterocycles. The first-order valence-electron chi connectivity index (χ1n) is 5.76. The molecule has 0 saturated heterocycles. The molecule has 1 aromatic carbocycles. The lowest BCUT2D eigenvalue weighted by atomic mass is 10.3. The molecular weight excluding hydrogens is 228 g/mol. The van der Waals surface area contributed by atoms with E-state index in [1.807, 2.05) is 38.1 Å². The highest BCUT2D eigenvalue weighted by molar-refractivity contribution is 5.57. The van der Waals surface area contributed by atoms with Crippen LogP contribution in [0.5, 0.6) is 5.75 Å². The van der Waals surface area contributed by atoms with Crippen molar-refractivity contribution in [1.29, 1.82) is 0 Å². The number of aromatic nitrogens is 2. The fourth-order valence-corrected chi connectivity index (χ4v) is 1.45. The quantitative estimate of drug-likeness (QED) is 0.864. The third kappa shape index (κ3) is 3.35. The topological polar surface area (TPSA) is 73.1 Å². The predicted molar refractivity (Wildman–Crippen MR) is 71.9 cm³/mol. The van der Waals surface area contributed by atoms with Crippen LogP contribution >= 0.6 is 0 Å². The number of anilines is 3. The molecule has 0 spiro atoms. The van der Waals surface area contributed by atoms with Crippen LogP contribution in [0.25, 0.3) is 0 Å². The summed E-state index contributed by atoms with van der Waals surface area (Å²) in [5, 5.41) is 10.8. The van der Waals surface area contributed by atoms with Gasteiger partial charge in [0.25, 0.3) is 0 Å². The van der Waals surface area contributed by atoms with Crippen molar-refractivity contribution in [2.45, 2.75) is 20.0 Å².